The van der Waals surface area contributed by atoms with E-state index >= 15 is 0 Å². The van der Waals surface area contributed by atoms with Crippen molar-refractivity contribution in [2.24, 2.45) is 0 Å². The van der Waals surface area contributed by atoms with Crippen molar-refractivity contribution in [3.05, 3.63) is 45.2 Å². The molecule has 6 heteroatoms. The van der Waals surface area contributed by atoms with E-state index in [0.29, 0.717) is 11.3 Å². The second-order valence-corrected chi connectivity index (χ2v) is 5.87. The first-order chi connectivity index (χ1) is 10.0. The van der Waals surface area contributed by atoms with Crippen molar-refractivity contribution in [1.82, 2.24) is 4.98 Å². The minimum Gasteiger partial charge on any atom is -0.298 e. The third kappa shape index (κ3) is 2.25. The molecule has 3 rings (SSSR count). The molecule has 1 aliphatic heterocycles. The van der Waals surface area contributed by atoms with Gasteiger partial charge in [0.2, 0.25) is 0 Å². The van der Waals surface area contributed by atoms with Crippen molar-refractivity contribution >= 4 is 28.7 Å². The van der Waals surface area contributed by atoms with Gasteiger partial charge in [-0.1, -0.05) is 6.92 Å². The van der Waals surface area contributed by atoms with E-state index in [1.54, 1.807) is 6.92 Å². The molecule has 0 N–H and O–H groups in total. The van der Waals surface area contributed by atoms with E-state index in [1.807, 2.05) is 12.3 Å². The topological polar surface area (TPSA) is 50.3 Å². The van der Waals surface area contributed by atoms with Gasteiger partial charge >= 0.3 is 0 Å². The number of aromatic nitrogens is 1. The highest BCUT2D eigenvalue weighted by atomic mass is 32.1. The second kappa shape index (κ2) is 5.04. The van der Waals surface area contributed by atoms with Crippen LogP contribution in [-0.4, -0.2) is 16.7 Å². The molecule has 0 saturated heterocycles. The largest absolute Gasteiger partial charge is 0.299 e. The molecule has 0 saturated carbocycles. The van der Waals surface area contributed by atoms with Crippen LogP contribution in [0.1, 0.15) is 33.5 Å². The Morgan fingerprint density at radius 1 is 1.33 bits per heavy atom. The summed E-state index contributed by atoms with van der Waals surface area (Å²) in [5, 5.41) is 2.87. The Hall–Kier alpha value is -2.08. The number of thiazole rings is 1. The molecule has 2 heterocycles. The van der Waals surface area contributed by atoms with Crippen LogP contribution < -0.4 is 4.90 Å². The number of halogens is 1. The minimum atomic E-state index is -0.654. The average molecular weight is 304 g/mol. The second-order valence-electron chi connectivity index (χ2n) is 4.93. The molecule has 4 nitrogen and oxygen atoms in total. The highest BCUT2D eigenvalue weighted by Crippen LogP contribution is 2.34. The van der Waals surface area contributed by atoms with Gasteiger partial charge in [0.15, 0.2) is 0 Å². The van der Waals surface area contributed by atoms with Gasteiger partial charge in [0.1, 0.15) is 5.82 Å². The molecule has 0 atom stereocenters. The fourth-order valence-electron chi connectivity index (χ4n) is 2.50. The van der Waals surface area contributed by atoms with Gasteiger partial charge < -0.3 is 0 Å². The quantitative estimate of drug-likeness (QED) is 0.819. The zero-order chi connectivity index (χ0) is 15.1. The Kier molecular flexibility index (Phi) is 3.33. The van der Waals surface area contributed by atoms with E-state index in [2.05, 4.69) is 4.98 Å². The maximum absolute atomic E-state index is 13.4. The summed E-state index contributed by atoms with van der Waals surface area (Å²) in [4.78, 5) is 29.9. The van der Waals surface area contributed by atoms with E-state index in [1.165, 1.54) is 22.3 Å². The van der Waals surface area contributed by atoms with Gasteiger partial charge in [-0.3, -0.25) is 14.5 Å². The first-order valence-electron chi connectivity index (χ1n) is 6.61. The summed E-state index contributed by atoms with van der Waals surface area (Å²) in [6.45, 7) is 3.94. The fraction of sp³-hybridized carbons (Fsp3) is 0.267. The molecule has 1 amide bonds. The van der Waals surface area contributed by atoms with Crippen molar-refractivity contribution in [3.8, 4) is 0 Å². The Morgan fingerprint density at radius 2 is 2.10 bits per heavy atom. The number of amides is 1. The molecule has 0 radical (unpaired) electrons. The van der Waals surface area contributed by atoms with Gasteiger partial charge in [0, 0.05) is 5.38 Å². The molecule has 0 aliphatic carbocycles. The van der Waals surface area contributed by atoms with Crippen molar-refractivity contribution in [2.75, 3.05) is 4.90 Å². The molecule has 1 aliphatic rings. The maximum Gasteiger partial charge on any atom is 0.299 e. The summed E-state index contributed by atoms with van der Waals surface area (Å²) >= 11 is 1.53. The third-order valence-corrected chi connectivity index (χ3v) is 4.48. The standard InChI is InChI=1S/C15H13FN2O2S/c1-3-12-17-10(7-21-12)6-18-13-8(2)4-9(16)5-11(13)14(19)15(18)20/h4-5,7H,3,6H2,1-2H3. The van der Waals surface area contributed by atoms with Crippen LogP contribution in [0.5, 0.6) is 0 Å². The lowest BCUT2D eigenvalue weighted by Gasteiger charge is -2.17. The van der Waals surface area contributed by atoms with Gasteiger partial charge in [-0.2, -0.15) is 0 Å². The number of benzene rings is 1. The molecule has 0 unspecified atom stereocenters. The number of nitrogens with zero attached hydrogens (tertiary/aromatic N) is 2. The molecule has 1 aromatic carbocycles. The number of carbonyl (C=O) groups excluding carboxylic acids is 2. The minimum absolute atomic E-state index is 0.142. The summed E-state index contributed by atoms with van der Waals surface area (Å²) in [5.41, 5.74) is 1.96. The van der Waals surface area contributed by atoms with Gasteiger partial charge in [-0.15, -0.1) is 11.3 Å². The number of fused-ring (bicyclic) bond motifs is 1. The molecule has 0 fully saturated rings. The predicted molar refractivity (Wildman–Crippen MR) is 78.1 cm³/mol. The van der Waals surface area contributed by atoms with E-state index in [4.69, 9.17) is 0 Å². The van der Waals surface area contributed by atoms with Crippen LogP contribution in [0.2, 0.25) is 0 Å². The smallest absolute Gasteiger partial charge is 0.298 e. The lowest BCUT2D eigenvalue weighted by molar-refractivity contribution is -0.114. The maximum atomic E-state index is 13.4. The third-order valence-electron chi connectivity index (χ3n) is 3.44. The van der Waals surface area contributed by atoms with Crippen LogP contribution in [0.25, 0.3) is 0 Å². The van der Waals surface area contributed by atoms with Crippen molar-refractivity contribution in [3.63, 3.8) is 0 Å². The van der Waals surface area contributed by atoms with Crippen LogP contribution in [0.3, 0.4) is 0 Å². The lowest BCUT2D eigenvalue weighted by atomic mass is 10.1. The van der Waals surface area contributed by atoms with Gasteiger partial charge in [0.05, 0.1) is 28.5 Å². The summed E-state index contributed by atoms with van der Waals surface area (Å²) in [6, 6.07) is 2.46. The molecule has 0 bridgehead atoms. The number of Topliss-reactive ketones (excluding diaryl/α,β-unsaturated/α-hetero) is 1. The Morgan fingerprint density at radius 3 is 2.76 bits per heavy atom. The molecule has 0 spiro atoms. The summed E-state index contributed by atoms with van der Waals surface area (Å²) in [7, 11) is 0. The van der Waals surface area contributed by atoms with Crippen LogP contribution in [-0.2, 0) is 17.8 Å². The van der Waals surface area contributed by atoms with Gasteiger partial charge in [0.25, 0.3) is 11.7 Å². The molecular formula is C15H13FN2O2S. The number of rotatable bonds is 3. The number of hydrogen-bond acceptors (Lipinski definition) is 4. The van der Waals surface area contributed by atoms with Gasteiger partial charge in [-0.25, -0.2) is 9.37 Å². The number of hydrogen-bond donors (Lipinski definition) is 0. The van der Waals surface area contributed by atoms with E-state index in [0.717, 1.165) is 23.2 Å². The van der Waals surface area contributed by atoms with Crippen molar-refractivity contribution < 1.29 is 14.0 Å². The number of aryl methyl sites for hydroxylation is 2. The Labute approximate surface area is 125 Å². The first-order valence-corrected chi connectivity index (χ1v) is 7.48. The Balaban J connectivity index is 2.01. The van der Waals surface area contributed by atoms with Crippen LogP contribution in [0, 0.1) is 12.7 Å². The summed E-state index contributed by atoms with van der Waals surface area (Å²) in [6.07, 6.45) is 0.832. The zero-order valence-electron chi connectivity index (χ0n) is 11.6. The molecule has 108 valence electrons. The number of carbonyl (C=O) groups is 2. The molecule has 1 aromatic heterocycles. The van der Waals surface area contributed by atoms with E-state index in [-0.39, 0.29) is 12.1 Å². The monoisotopic (exact) mass is 304 g/mol. The SMILES string of the molecule is CCc1nc(CN2C(=O)C(=O)c3cc(F)cc(C)c32)cs1. The molecular weight excluding hydrogens is 291 g/mol. The zero-order valence-corrected chi connectivity index (χ0v) is 12.5. The van der Waals surface area contributed by atoms with Crippen LogP contribution in [0.4, 0.5) is 10.1 Å². The highest BCUT2D eigenvalue weighted by Gasteiger charge is 2.37. The Bertz CT molecular complexity index is 754. The lowest BCUT2D eigenvalue weighted by Crippen LogP contribution is -2.29. The average Bonchev–Trinajstić information content (AvgIpc) is 2.98. The predicted octanol–water partition coefficient (Wildman–Crippen LogP) is 2.88. The van der Waals surface area contributed by atoms with Crippen molar-refractivity contribution in [1.29, 1.82) is 0 Å². The summed E-state index contributed by atoms with van der Waals surface area (Å²) in [5.74, 6) is -1.78. The van der Waals surface area contributed by atoms with Gasteiger partial charge in [-0.05, 0) is 31.0 Å². The van der Waals surface area contributed by atoms with E-state index < -0.39 is 17.5 Å². The molecule has 21 heavy (non-hydrogen) atoms. The number of ketones is 1. The molecule has 2 aromatic rings. The normalized spacial score (nSPS) is 14.0. The number of anilines is 1. The highest BCUT2D eigenvalue weighted by molar-refractivity contribution is 7.09. The first kappa shape index (κ1) is 13.9. The van der Waals surface area contributed by atoms with Crippen LogP contribution >= 0.6 is 11.3 Å². The van der Waals surface area contributed by atoms with Crippen molar-refractivity contribution in [2.45, 2.75) is 26.8 Å². The fourth-order valence-corrected chi connectivity index (χ4v) is 3.24. The summed E-state index contributed by atoms with van der Waals surface area (Å²) < 4.78 is 13.4. The van der Waals surface area contributed by atoms with E-state index in [9.17, 15) is 14.0 Å². The van der Waals surface area contributed by atoms with Crippen LogP contribution in [0.15, 0.2) is 17.5 Å².